The largest absolute Gasteiger partial charge is 0.386 e. The second-order valence-electron chi connectivity index (χ2n) is 4.52. The van der Waals surface area contributed by atoms with E-state index < -0.39 is 5.60 Å². The molecule has 1 aromatic rings. The molecule has 2 rings (SSSR count). The standard InChI is InChI=1S/C12H15NO2/c1-12(2,15)9-6-7-13-11-8(9)4-3-5-10(11)14/h6-7,15H,3-5H2,1-2H3. The van der Waals surface area contributed by atoms with Crippen molar-refractivity contribution in [3.63, 3.8) is 0 Å². The summed E-state index contributed by atoms with van der Waals surface area (Å²) in [5, 5.41) is 9.99. The fourth-order valence-electron chi connectivity index (χ4n) is 2.10. The van der Waals surface area contributed by atoms with Crippen molar-refractivity contribution >= 4 is 5.78 Å². The van der Waals surface area contributed by atoms with Gasteiger partial charge in [0.05, 0.1) is 5.60 Å². The van der Waals surface area contributed by atoms with Gasteiger partial charge in [0.2, 0.25) is 0 Å². The summed E-state index contributed by atoms with van der Waals surface area (Å²) in [6.07, 6.45) is 3.89. The van der Waals surface area contributed by atoms with Gasteiger partial charge in [0.1, 0.15) is 5.69 Å². The fraction of sp³-hybridized carbons (Fsp3) is 0.500. The highest BCUT2D eigenvalue weighted by atomic mass is 16.3. The van der Waals surface area contributed by atoms with Crippen molar-refractivity contribution in [3.05, 3.63) is 29.1 Å². The maximum atomic E-state index is 11.6. The zero-order valence-corrected chi connectivity index (χ0v) is 9.08. The molecule has 1 aliphatic carbocycles. The molecule has 0 bridgehead atoms. The van der Waals surface area contributed by atoms with Crippen LogP contribution in [0.3, 0.4) is 0 Å². The van der Waals surface area contributed by atoms with Crippen LogP contribution in [0.2, 0.25) is 0 Å². The highest BCUT2D eigenvalue weighted by molar-refractivity contribution is 5.96. The van der Waals surface area contributed by atoms with Crippen molar-refractivity contribution in [2.45, 2.75) is 38.7 Å². The molecule has 0 fully saturated rings. The van der Waals surface area contributed by atoms with E-state index in [0.717, 1.165) is 24.0 Å². The molecule has 15 heavy (non-hydrogen) atoms. The number of carbonyl (C=O) groups excluding carboxylic acids is 1. The molecule has 1 aliphatic rings. The van der Waals surface area contributed by atoms with Crippen LogP contribution in [0.25, 0.3) is 0 Å². The van der Waals surface area contributed by atoms with E-state index in [4.69, 9.17) is 0 Å². The van der Waals surface area contributed by atoms with Gasteiger partial charge >= 0.3 is 0 Å². The van der Waals surface area contributed by atoms with Crippen molar-refractivity contribution in [1.82, 2.24) is 4.98 Å². The predicted molar refractivity (Wildman–Crippen MR) is 56.8 cm³/mol. The Hall–Kier alpha value is -1.22. The zero-order valence-electron chi connectivity index (χ0n) is 9.08. The van der Waals surface area contributed by atoms with Gasteiger partial charge in [-0.25, -0.2) is 0 Å². The minimum atomic E-state index is -0.898. The van der Waals surface area contributed by atoms with E-state index in [2.05, 4.69) is 4.98 Å². The molecule has 0 amide bonds. The highest BCUT2D eigenvalue weighted by Gasteiger charge is 2.27. The van der Waals surface area contributed by atoms with Crippen LogP contribution >= 0.6 is 0 Å². The topological polar surface area (TPSA) is 50.2 Å². The van der Waals surface area contributed by atoms with Crippen LogP contribution in [0.1, 0.15) is 48.3 Å². The molecule has 0 unspecified atom stereocenters. The van der Waals surface area contributed by atoms with E-state index in [1.807, 2.05) is 0 Å². The lowest BCUT2D eigenvalue weighted by atomic mass is 9.85. The molecule has 0 saturated carbocycles. The van der Waals surface area contributed by atoms with Crippen LogP contribution in [-0.4, -0.2) is 15.9 Å². The van der Waals surface area contributed by atoms with Crippen LogP contribution in [0.5, 0.6) is 0 Å². The van der Waals surface area contributed by atoms with Gasteiger partial charge in [-0.1, -0.05) is 0 Å². The number of nitrogens with zero attached hydrogens (tertiary/aromatic N) is 1. The van der Waals surface area contributed by atoms with E-state index in [1.165, 1.54) is 0 Å². The second kappa shape index (κ2) is 3.42. The Balaban J connectivity index is 2.59. The van der Waals surface area contributed by atoms with Gasteiger partial charge in [0.15, 0.2) is 5.78 Å². The first-order chi connectivity index (χ1) is 7.00. The Bertz CT molecular complexity index is 405. The Labute approximate surface area is 89.2 Å². The number of ketones is 1. The van der Waals surface area contributed by atoms with Gasteiger partial charge in [-0.2, -0.15) is 0 Å². The first kappa shape index (κ1) is 10.3. The summed E-state index contributed by atoms with van der Waals surface area (Å²) < 4.78 is 0. The second-order valence-corrected chi connectivity index (χ2v) is 4.52. The van der Waals surface area contributed by atoms with E-state index >= 15 is 0 Å². The monoisotopic (exact) mass is 205 g/mol. The van der Waals surface area contributed by atoms with Crippen molar-refractivity contribution in [2.75, 3.05) is 0 Å². The average molecular weight is 205 g/mol. The SMILES string of the molecule is CC(C)(O)c1ccnc2c1CCCC2=O. The summed E-state index contributed by atoms with van der Waals surface area (Å²) in [5.74, 6) is 0.0994. The van der Waals surface area contributed by atoms with Gasteiger partial charge < -0.3 is 5.11 Å². The van der Waals surface area contributed by atoms with Gasteiger partial charge in [-0.15, -0.1) is 0 Å². The van der Waals surface area contributed by atoms with Crippen LogP contribution in [-0.2, 0) is 12.0 Å². The first-order valence-electron chi connectivity index (χ1n) is 5.24. The molecule has 0 aliphatic heterocycles. The lowest BCUT2D eigenvalue weighted by Crippen LogP contribution is -2.23. The quantitative estimate of drug-likeness (QED) is 0.761. The molecule has 0 saturated heterocycles. The Morgan fingerprint density at radius 2 is 2.13 bits per heavy atom. The smallest absolute Gasteiger partial charge is 0.181 e. The molecule has 0 radical (unpaired) electrons. The molecule has 0 spiro atoms. The predicted octanol–water partition coefficient (Wildman–Crippen LogP) is 1.83. The lowest BCUT2D eigenvalue weighted by Gasteiger charge is -2.24. The minimum absolute atomic E-state index is 0.0994. The minimum Gasteiger partial charge on any atom is -0.386 e. The summed E-state index contributed by atoms with van der Waals surface area (Å²) in [6.45, 7) is 3.48. The molecule has 0 atom stereocenters. The van der Waals surface area contributed by atoms with E-state index in [9.17, 15) is 9.90 Å². The maximum Gasteiger partial charge on any atom is 0.181 e. The van der Waals surface area contributed by atoms with Crippen LogP contribution in [0, 0.1) is 0 Å². The summed E-state index contributed by atoms with van der Waals surface area (Å²) in [5.41, 5.74) is 1.42. The third kappa shape index (κ3) is 1.79. The van der Waals surface area contributed by atoms with E-state index in [-0.39, 0.29) is 5.78 Å². The highest BCUT2D eigenvalue weighted by Crippen LogP contribution is 2.29. The van der Waals surface area contributed by atoms with E-state index in [0.29, 0.717) is 12.1 Å². The molecular weight excluding hydrogens is 190 g/mol. The molecule has 3 heteroatoms. The number of hydrogen-bond donors (Lipinski definition) is 1. The molecule has 1 heterocycles. The molecule has 1 aromatic heterocycles. The first-order valence-corrected chi connectivity index (χ1v) is 5.24. The van der Waals surface area contributed by atoms with Crippen LogP contribution < -0.4 is 0 Å². The Morgan fingerprint density at radius 3 is 2.80 bits per heavy atom. The molecule has 1 N–H and O–H groups in total. The van der Waals surface area contributed by atoms with Crippen LogP contribution in [0.15, 0.2) is 12.3 Å². The summed E-state index contributed by atoms with van der Waals surface area (Å²) in [7, 11) is 0. The summed E-state index contributed by atoms with van der Waals surface area (Å²) in [6, 6.07) is 1.80. The number of aromatic nitrogens is 1. The zero-order chi connectivity index (χ0) is 11.1. The number of aliphatic hydroxyl groups is 1. The van der Waals surface area contributed by atoms with Gasteiger partial charge in [0.25, 0.3) is 0 Å². The summed E-state index contributed by atoms with van der Waals surface area (Å²) in [4.78, 5) is 15.7. The van der Waals surface area contributed by atoms with Crippen molar-refractivity contribution < 1.29 is 9.90 Å². The Morgan fingerprint density at radius 1 is 1.40 bits per heavy atom. The number of fused-ring (bicyclic) bond motifs is 1. The Kier molecular flexibility index (Phi) is 2.35. The van der Waals surface area contributed by atoms with Crippen molar-refractivity contribution in [2.24, 2.45) is 0 Å². The summed E-state index contributed by atoms with van der Waals surface area (Å²) >= 11 is 0. The number of rotatable bonds is 1. The van der Waals surface area contributed by atoms with Crippen molar-refractivity contribution in [1.29, 1.82) is 0 Å². The van der Waals surface area contributed by atoms with Crippen molar-refractivity contribution in [3.8, 4) is 0 Å². The number of hydrogen-bond acceptors (Lipinski definition) is 3. The third-order valence-electron chi connectivity index (χ3n) is 2.81. The maximum absolute atomic E-state index is 11.6. The lowest BCUT2D eigenvalue weighted by molar-refractivity contribution is 0.0769. The number of pyridine rings is 1. The fourth-order valence-corrected chi connectivity index (χ4v) is 2.10. The third-order valence-corrected chi connectivity index (χ3v) is 2.81. The molecule has 80 valence electrons. The van der Waals surface area contributed by atoms with Crippen LogP contribution in [0.4, 0.5) is 0 Å². The van der Waals surface area contributed by atoms with Gasteiger partial charge in [-0.3, -0.25) is 9.78 Å². The molecular formula is C12H15NO2. The van der Waals surface area contributed by atoms with Gasteiger partial charge in [0, 0.05) is 12.6 Å². The van der Waals surface area contributed by atoms with Gasteiger partial charge in [-0.05, 0) is 43.9 Å². The molecule has 3 nitrogen and oxygen atoms in total. The average Bonchev–Trinajstić information content (AvgIpc) is 2.16. The normalized spacial score (nSPS) is 16.3. The number of Topliss-reactive ketones (excluding diaryl/α,β-unsaturated/α-hetero) is 1. The van der Waals surface area contributed by atoms with E-state index in [1.54, 1.807) is 26.1 Å². The number of carbonyl (C=O) groups is 1. The molecule has 0 aromatic carbocycles.